The number of nitrogens with one attached hydrogen (secondary N) is 2. The molecule has 2 aliphatic heterocycles. The SMILES string of the molecule is C[C@@H](CO)NC(=O)N(C[C@@H]1CNC[C@@H]1F)[C@@H](c1nc(-c2cc(F)ccc2F)cn1Cc1cccc(F)c1)C1CCOCC1. The second-order valence-corrected chi connectivity index (χ2v) is 11.4. The second kappa shape index (κ2) is 13.9. The number of nitrogens with zero attached hydrogens (tertiary/aromatic N) is 3. The van der Waals surface area contributed by atoms with Crippen molar-refractivity contribution in [3.05, 3.63) is 77.5 Å². The first-order valence-corrected chi connectivity index (χ1v) is 14.6. The minimum Gasteiger partial charge on any atom is -0.394 e. The highest BCUT2D eigenvalue weighted by Crippen LogP contribution is 2.38. The molecule has 3 aromatic rings. The normalized spacial score (nSPS) is 20.6. The van der Waals surface area contributed by atoms with Crippen LogP contribution in [0.3, 0.4) is 0 Å². The van der Waals surface area contributed by atoms with Gasteiger partial charge in [-0.25, -0.2) is 27.3 Å². The fourth-order valence-electron chi connectivity index (χ4n) is 5.88. The molecular weight excluding hydrogens is 566 g/mol. The van der Waals surface area contributed by atoms with Crippen LogP contribution in [0.4, 0.5) is 22.4 Å². The van der Waals surface area contributed by atoms with Gasteiger partial charge in [-0.15, -0.1) is 0 Å². The summed E-state index contributed by atoms with van der Waals surface area (Å²) in [6, 6.07) is 7.33. The van der Waals surface area contributed by atoms with Crippen LogP contribution in [-0.4, -0.2) is 77.3 Å². The summed E-state index contributed by atoms with van der Waals surface area (Å²) in [6.45, 7) is 2.98. The van der Waals surface area contributed by atoms with E-state index in [2.05, 4.69) is 10.6 Å². The summed E-state index contributed by atoms with van der Waals surface area (Å²) in [6.07, 6.45) is 1.54. The van der Waals surface area contributed by atoms with Crippen molar-refractivity contribution in [1.82, 2.24) is 25.1 Å². The predicted octanol–water partition coefficient (Wildman–Crippen LogP) is 4.43. The van der Waals surface area contributed by atoms with Crippen LogP contribution in [0.15, 0.2) is 48.7 Å². The van der Waals surface area contributed by atoms with Gasteiger partial charge in [0.05, 0.1) is 24.4 Å². The summed E-state index contributed by atoms with van der Waals surface area (Å²) in [4.78, 5) is 20.3. The van der Waals surface area contributed by atoms with Crippen molar-refractivity contribution in [3.8, 4) is 11.3 Å². The molecule has 2 aliphatic rings. The molecule has 2 amide bonds. The predicted molar refractivity (Wildman–Crippen MR) is 152 cm³/mol. The number of alkyl halides is 1. The molecular formula is C31H37F4N5O3. The molecule has 232 valence electrons. The number of benzene rings is 2. The number of amides is 2. The minimum atomic E-state index is -1.18. The third kappa shape index (κ3) is 7.36. The molecule has 12 heteroatoms. The van der Waals surface area contributed by atoms with E-state index in [9.17, 15) is 27.5 Å². The number of aliphatic hydroxyl groups is 1. The van der Waals surface area contributed by atoms with Crippen molar-refractivity contribution in [1.29, 1.82) is 0 Å². The Morgan fingerprint density at radius 2 is 1.93 bits per heavy atom. The molecule has 0 radical (unpaired) electrons. The Bertz CT molecular complexity index is 1400. The van der Waals surface area contributed by atoms with Crippen molar-refractivity contribution in [2.24, 2.45) is 11.8 Å². The molecule has 0 saturated carbocycles. The molecule has 0 unspecified atom stereocenters. The first-order valence-electron chi connectivity index (χ1n) is 14.6. The largest absolute Gasteiger partial charge is 0.394 e. The number of carbonyl (C=O) groups excluding carboxylic acids is 1. The number of halogens is 4. The van der Waals surface area contributed by atoms with Crippen molar-refractivity contribution in [3.63, 3.8) is 0 Å². The quantitative estimate of drug-likeness (QED) is 0.299. The van der Waals surface area contributed by atoms with Gasteiger partial charge in [0.25, 0.3) is 0 Å². The Hall–Kier alpha value is -3.48. The molecule has 5 rings (SSSR count). The van der Waals surface area contributed by atoms with E-state index in [1.807, 2.05) is 0 Å². The molecule has 0 bridgehead atoms. The number of hydrogen-bond donors (Lipinski definition) is 3. The fourth-order valence-corrected chi connectivity index (χ4v) is 5.88. The standard InChI is InChI=1S/C31H37F4N5O3/c1-19(18-41)37-31(42)40(16-22-13-36-14-27(22)35)29(21-7-9-43-10-8-21)30-38-28(25-12-24(33)5-6-26(25)34)17-39(30)15-20-3-2-4-23(32)11-20/h2-6,11-12,17,19,21-22,27,29,36,41H,7-10,13-16,18H2,1H3,(H,37,42)/t19-,22-,27-,29+/m0/s1. The van der Waals surface area contributed by atoms with Gasteiger partial charge in [0.2, 0.25) is 0 Å². The Labute approximate surface area is 248 Å². The number of hydrogen-bond acceptors (Lipinski definition) is 5. The van der Waals surface area contributed by atoms with E-state index in [-0.39, 0.29) is 43.4 Å². The van der Waals surface area contributed by atoms with Gasteiger partial charge in [0.15, 0.2) is 0 Å². The van der Waals surface area contributed by atoms with Crippen LogP contribution in [0.2, 0.25) is 0 Å². The van der Waals surface area contributed by atoms with E-state index in [1.54, 1.807) is 34.7 Å². The van der Waals surface area contributed by atoms with E-state index in [0.717, 1.165) is 18.2 Å². The van der Waals surface area contributed by atoms with E-state index in [1.165, 1.54) is 12.1 Å². The summed E-state index contributed by atoms with van der Waals surface area (Å²) in [5.74, 6) is -2.03. The van der Waals surface area contributed by atoms with Crippen LogP contribution in [-0.2, 0) is 11.3 Å². The topological polar surface area (TPSA) is 91.6 Å². The van der Waals surface area contributed by atoms with Crippen LogP contribution in [0.5, 0.6) is 0 Å². The maximum absolute atomic E-state index is 15.0. The van der Waals surface area contributed by atoms with Crippen molar-refractivity contribution >= 4 is 6.03 Å². The highest BCUT2D eigenvalue weighted by Gasteiger charge is 2.40. The molecule has 4 atom stereocenters. The molecule has 2 saturated heterocycles. The van der Waals surface area contributed by atoms with Crippen LogP contribution in [0, 0.1) is 29.3 Å². The first kappa shape index (κ1) is 31.0. The van der Waals surface area contributed by atoms with Crippen LogP contribution < -0.4 is 10.6 Å². The van der Waals surface area contributed by atoms with E-state index < -0.39 is 47.7 Å². The molecule has 0 aliphatic carbocycles. The number of aromatic nitrogens is 2. The Kier molecular flexibility index (Phi) is 9.99. The van der Waals surface area contributed by atoms with Gasteiger partial charge < -0.3 is 29.9 Å². The Morgan fingerprint density at radius 1 is 1.16 bits per heavy atom. The summed E-state index contributed by atoms with van der Waals surface area (Å²) in [7, 11) is 0. The van der Waals surface area contributed by atoms with Gasteiger partial charge in [0.1, 0.15) is 29.4 Å². The number of imidazole rings is 1. The minimum absolute atomic E-state index is 0.0522. The molecule has 8 nitrogen and oxygen atoms in total. The number of carbonyl (C=O) groups is 1. The van der Waals surface area contributed by atoms with Crippen LogP contribution in [0.25, 0.3) is 11.3 Å². The van der Waals surface area contributed by atoms with Gasteiger partial charge in [0, 0.05) is 57.1 Å². The first-order chi connectivity index (χ1) is 20.7. The summed E-state index contributed by atoms with van der Waals surface area (Å²) in [5, 5.41) is 15.5. The number of rotatable bonds is 10. The zero-order valence-electron chi connectivity index (χ0n) is 24.0. The number of urea groups is 1. The molecule has 1 aromatic heterocycles. The molecule has 3 N–H and O–H groups in total. The summed E-state index contributed by atoms with van der Waals surface area (Å²) >= 11 is 0. The molecule has 0 spiro atoms. The van der Waals surface area contributed by atoms with Gasteiger partial charge in [-0.1, -0.05) is 12.1 Å². The van der Waals surface area contributed by atoms with E-state index in [0.29, 0.717) is 44.0 Å². The average molecular weight is 604 g/mol. The molecule has 2 aromatic carbocycles. The lowest BCUT2D eigenvalue weighted by molar-refractivity contribution is 0.0253. The molecule has 43 heavy (non-hydrogen) atoms. The third-order valence-electron chi connectivity index (χ3n) is 8.16. The zero-order valence-corrected chi connectivity index (χ0v) is 24.0. The molecule has 3 heterocycles. The maximum Gasteiger partial charge on any atom is 0.318 e. The second-order valence-electron chi connectivity index (χ2n) is 11.4. The van der Waals surface area contributed by atoms with Gasteiger partial charge >= 0.3 is 6.03 Å². The van der Waals surface area contributed by atoms with Crippen LogP contribution >= 0.6 is 0 Å². The monoisotopic (exact) mass is 603 g/mol. The highest BCUT2D eigenvalue weighted by atomic mass is 19.1. The summed E-state index contributed by atoms with van der Waals surface area (Å²) in [5.41, 5.74) is 0.693. The summed E-state index contributed by atoms with van der Waals surface area (Å²) < 4.78 is 65.7. The Morgan fingerprint density at radius 3 is 2.63 bits per heavy atom. The molecule has 2 fully saturated rings. The van der Waals surface area contributed by atoms with Crippen molar-refractivity contribution in [2.45, 2.75) is 44.6 Å². The van der Waals surface area contributed by atoms with Crippen molar-refractivity contribution < 1.29 is 32.2 Å². The average Bonchev–Trinajstić information content (AvgIpc) is 3.60. The van der Waals surface area contributed by atoms with Gasteiger partial charge in [-0.2, -0.15) is 0 Å². The lowest BCUT2D eigenvalue weighted by Gasteiger charge is -2.40. The zero-order chi connectivity index (χ0) is 30.5. The smallest absolute Gasteiger partial charge is 0.318 e. The number of ether oxygens (including phenoxy) is 1. The fraction of sp³-hybridized carbons (Fsp3) is 0.484. The highest BCUT2D eigenvalue weighted by molar-refractivity contribution is 5.75. The van der Waals surface area contributed by atoms with Gasteiger partial charge in [-0.3, -0.25) is 0 Å². The maximum atomic E-state index is 15.0. The lowest BCUT2D eigenvalue weighted by Crippen LogP contribution is -2.51. The van der Waals surface area contributed by atoms with Crippen LogP contribution in [0.1, 0.15) is 37.2 Å². The van der Waals surface area contributed by atoms with E-state index >= 15 is 0 Å². The van der Waals surface area contributed by atoms with Gasteiger partial charge in [-0.05, 0) is 61.6 Å². The van der Waals surface area contributed by atoms with E-state index in [4.69, 9.17) is 9.72 Å². The third-order valence-corrected chi connectivity index (χ3v) is 8.16. The Balaban J connectivity index is 1.65. The lowest BCUT2D eigenvalue weighted by atomic mass is 9.89. The van der Waals surface area contributed by atoms with Crippen molar-refractivity contribution in [2.75, 3.05) is 39.5 Å². The number of aliphatic hydroxyl groups excluding tert-OH is 1.